The van der Waals surface area contributed by atoms with Crippen molar-refractivity contribution in [1.29, 1.82) is 0 Å². The fourth-order valence-corrected chi connectivity index (χ4v) is 4.35. The van der Waals surface area contributed by atoms with Gasteiger partial charge in [-0.2, -0.15) is 0 Å². The Morgan fingerprint density at radius 1 is 1.33 bits per heavy atom. The number of amides is 1. The number of rotatable bonds is 6. The molecule has 0 bridgehead atoms. The normalized spacial score (nSPS) is 16.0. The van der Waals surface area contributed by atoms with Crippen molar-refractivity contribution in [3.8, 4) is 0 Å². The molecule has 8 heteroatoms. The number of hydrogen-bond donors (Lipinski definition) is 1. The Labute approximate surface area is 128 Å². The van der Waals surface area contributed by atoms with Gasteiger partial charge in [-0.1, -0.05) is 0 Å². The minimum absolute atomic E-state index is 0.0723. The molecule has 2 heterocycles. The molecule has 1 aliphatic heterocycles. The maximum atomic E-state index is 12.0. The summed E-state index contributed by atoms with van der Waals surface area (Å²) in [6.45, 7) is 2.66. The van der Waals surface area contributed by atoms with Crippen molar-refractivity contribution in [3.05, 3.63) is 21.9 Å². The first-order valence-corrected chi connectivity index (χ1v) is 9.24. The number of thiophene rings is 1. The highest BCUT2D eigenvalue weighted by molar-refractivity contribution is 7.89. The standard InChI is InChI=1S/C13H18N2O4S2/c1-10(16)12-8-11(9-20-12)13(17)14-4-7-21(18,19)15-5-2-3-6-15/h8-9H,2-7H2,1H3,(H,14,17). The van der Waals surface area contributed by atoms with E-state index < -0.39 is 10.0 Å². The van der Waals surface area contributed by atoms with Crippen LogP contribution < -0.4 is 5.32 Å². The van der Waals surface area contributed by atoms with Crippen LogP contribution in [0, 0.1) is 0 Å². The van der Waals surface area contributed by atoms with Crippen molar-refractivity contribution in [3.63, 3.8) is 0 Å². The van der Waals surface area contributed by atoms with Crippen LogP contribution in [0.2, 0.25) is 0 Å². The van der Waals surface area contributed by atoms with Crippen LogP contribution in [0.15, 0.2) is 11.4 Å². The van der Waals surface area contributed by atoms with Crippen molar-refractivity contribution in [2.75, 3.05) is 25.4 Å². The molecule has 0 saturated carbocycles. The van der Waals surface area contributed by atoms with Crippen molar-refractivity contribution < 1.29 is 18.0 Å². The Hall–Kier alpha value is -1.25. The maximum Gasteiger partial charge on any atom is 0.252 e. The highest BCUT2D eigenvalue weighted by atomic mass is 32.2. The average molecular weight is 330 g/mol. The van der Waals surface area contributed by atoms with Crippen LogP contribution in [0.5, 0.6) is 0 Å². The summed E-state index contributed by atoms with van der Waals surface area (Å²) >= 11 is 1.21. The minimum atomic E-state index is -3.28. The number of nitrogens with zero attached hydrogens (tertiary/aromatic N) is 1. The molecular formula is C13H18N2O4S2. The van der Waals surface area contributed by atoms with Gasteiger partial charge < -0.3 is 5.32 Å². The predicted molar refractivity (Wildman–Crippen MR) is 81.3 cm³/mol. The van der Waals surface area contributed by atoms with E-state index in [1.54, 1.807) is 5.38 Å². The predicted octanol–water partition coefficient (Wildman–Crippen LogP) is 1.11. The maximum absolute atomic E-state index is 12.0. The van der Waals surface area contributed by atoms with Gasteiger partial charge in [-0.15, -0.1) is 11.3 Å². The molecule has 1 aliphatic rings. The van der Waals surface area contributed by atoms with E-state index >= 15 is 0 Å². The second kappa shape index (κ2) is 6.67. The smallest absolute Gasteiger partial charge is 0.252 e. The molecule has 0 atom stereocenters. The molecule has 1 N–H and O–H groups in total. The number of sulfonamides is 1. The molecular weight excluding hydrogens is 312 g/mol. The molecule has 0 spiro atoms. The van der Waals surface area contributed by atoms with Crippen LogP contribution in [-0.4, -0.2) is 49.8 Å². The summed E-state index contributed by atoms with van der Waals surface area (Å²) in [5.41, 5.74) is 0.392. The summed E-state index contributed by atoms with van der Waals surface area (Å²) in [6, 6.07) is 1.53. The van der Waals surface area contributed by atoms with Crippen LogP contribution in [-0.2, 0) is 10.0 Å². The number of carbonyl (C=O) groups excluding carboxylic acids is 2. The molecule has 0 radical (unpaired) electrons. The van der Waals surface area contributed by atoms with Gasteiger partial charge in [0.25, 0.3) is 5.91 Å². The van der Waals surface area contributed by atoms with E-state index in [-0.39, 0.29) is 24.0 Å². The molecule has 1 saturated heterocycles. The van der Waals surface area contributed by atoms with Gasteiger partial charge in [-0.05, 0) is 25.8 Å². The Balaban J connectivity index is 1.85. The number of nitrogens with one attached hydrogen (secondary N) is 1. The first-order chi connectivity index (χ1) is 9.90. The van der Waals surface area contributed by atoms with Gasteiger partial charge in [0.15, 0.2) is 5.78 Å². The van der Waals surface area contributed by atoms with E-state index in [0.717, 1.165) is 12.8 Å². The lowest BCUT2D eigenvalue weighted by molar-refractivity contribution is 0.0956. The van der Waals surface area contributed by atoms with Gasteiger partial charge in [0.05, 0.1) is 16.2 Å². The van der Waals surface area contributed by atoms with Gasteiger partial charge >= 0.3 is 0 Å². The van der Waals surface area contributed by atoms with Crippen molar-refractivity contribution in [1.82, 2.24) is 9.62 Å². The summed E-state index contributed by atoms with van der Waals surface area (Å²) in [5, 5.41) is 4.18. The zero-order valence-corrected chi connectivity index (χ0v) is 13.4. The van der Waals surface area contributed by atoms with Crippen molar-refractivity contribution in [2.45, 2.75) is 19.8 Å². The van der Waals surface area contributed by atoms with Crippen LogP contribution in [0.3, 0.4) is 0 Å². The first-order valence-electron chi connectivity index (χ1n) is 6.75. The lowest BCUT2D eigenvalue weighted by atomic mass is 10.2. The third kappa shape index (κ3) is 4.12. The second-order valence-electron chi connectivity index (χ2n) is 4.93. The summed E-state index contributed by atoms with van der Waals surface area (Å²) in [5.74, 6) is -0.534. The summed E-state index contributed by atoms with van der Waals surface area (Å²) in [7, 11) is -3.28. The fourth-order valence-electron chi connectivity index (χ4n) is 2.13. The highest BCUT2D eigenvalue weighted by Gasteiger charge is 2.24. The molecule has 1 amide bonds. The highest BCUT2D eigenvalue weighted by Crippen LogP contribution is 2.15. The molecule has 1 aromatic rings. The second-order valence-corrected chi connectivity index (χ2v) is 7.93. The van der Waals surface area contributed by atoms with Gasteiger partial charge in [-0.25, -0.2) is 12.7 Å². The van der Waals surface area contributed by atoms with E-state index in [4.69, 9.17) is 0 Å². The molecule has 21 heavy (non-hydrogen) atoms. The Kier molecular flexibility index (Phi) is 5.13. The Morgan fingerprint density at radius 3 is 2.57 bits per heavy atom. The molecule has 6 nitrogen and oxygen atoms in total. The fraction of sp³-hybridized carbons (Fsp3) is 0.538. The van der Waals surface area contributed by atoms with E-state index in [1.807, 2.05) is 0 Å². The van der Waals surface area contributed by atoms with Crippen LogP contribution in [0.1, 0.15) is 39.8 Å². The third-order valence-corrected chi connectivity index (χ3v) is 6.22. The number of carbonyl (C=O) groups is 2. The topological polar surface area (TPSA) is 83.5 Å². The van der Waals surface area contributed by atoms with E-state index in [1.165, 1.54) is 28.6 Å². The SMILES string of the molecule is CC(=O)c1cc(C(=O)NCCS(=O)(=O)N2CCCC2)cs1. The molecule has 1 aromatic heterocycles. The van der Waals surface area contributed by atoms with Crippen molar-refractivity contribution in [2.24, 2.45) is 0 Å². The number of ketones is 1. The lowest BCUT2D eigenvalue weighted by Gasteiger charge is -2.15. The Morgan fingerprint density at radius 2 is 2.00 bits per heavy atom. The molecule has 0 aliphatic carbocycles. The molecule has 0 unspecified atom stereocenters. The zero-order chi connectivity index (χ0) is 15.5. The van der Waals surface area contributed by atoms with E-state index in [2.05, 4.69) is 5.32 Å². The summed E-state index contributed by atoms with van der Waals surface area (Å²) < 4.78 is 25.4. The monoisotopic (exact) mass is 330 g/mol. The van der Waals surface area contributed by atoms with Crippen LogP contribution in [0.25, 0.3) is 0 Å². The van der Waals surface area contributed by atoms with E-state index in [0.29, 0.717) is 23.5 Å². The van der Waals surface area contributed by atoms with Crippen molar-refractivity contribution >= 4 is 33.1 Å². The first kappa shape index (κ1) is 16.1. The van der Waals surface area contributed by atoms with Gasteiger partial charge in [0, 0.05) is 25.0 Å². The Bertz CT molecular complexity index is 630. The molecule has 116 valence electrons. The number of Topliss-reactive ketones (excluding diaryl/α,β-unsaturated/α-hetero) is 1. The molecule has 2 rings (SSSR count). The largest absolute Gasteiger partial charge is 0.351 e. The average Bonchev–Trinajstić information content (AvgIpc) is 3.10. The molecule has 0 aromatic carbocycles. The lowest BCUT2D eigenvalue weighted by Crippen LogP contribution is -2.36. The van der Waals surface area contributed by atoms with Crippen LogP contribution in [0.4, 0.5) is 0 Å². The summed E-state index contributed by atoms with van der Waals surface area (Å²) in [4.78, 5) is 23.5. The van der Waals surface area contributed by atoms with Crippen LogP contribution >= 0.6 is 11.3 Å². The van der Waals surface area contributed by atoms with Gasteiger partial charge in [0.1, 0.15) is 0 Å². The third-order valence-electron chi connectivity index (χ3n) is 3.31. The summed E-state index contributed by atoms with van der Waals surface area (Å²) in [6.07, 6.45) is 1.79. The van der Waals surface area contributed by atoms with Gasteiger partial charge in [-0.3, -0.25) is 9.59 Å². The molecule has 1 fully saturated rings. The minimum Gasteiger partial charge on any atom is -0.351 e. The quantitative estimate of drug-likeness (QED) is 0.792. The van der Waals surface area contributed by atoms with E-state index in [9.17, 15) is 18.0 Å². The van der Waals surface area contributed by atoms with Gasteiger partial charge in [0.2, 0.25) is 10.0 Å². The zero-order valence-electron chi connectivity index (χ0n) is 11.8. The number of hydrogen-bond acceptors (Lipinski definition) is 5.